The molecule has 0 aliphatic carbocycles. The van der Waals surface area contributed by atoms with Crippen LogP contribution < -0.4 is 10.6 Å². The maximum Gasteiger partial charge on any atom is 0.287 e. The molecule has 106 valence electrons. The molecule has 0 saturated carbocycles. The van der Waals surface area contributed by atoms with E-state index in [4.69, 9.17) is 4.42 Å². The second-order valence-electron chi connectivity index (χ2n) is 4.09. The van der Waals surface area contributed by atoms with Crippen molar-refractivity contribution in [3.63, 3.8) is 0 Å². The molecule has 0 radical (unpaired) electrons. The molecule has 0 aliphatic heterocycles. The second-order valence-corrected chi connectivity index (χ2v) is 4.09. The van der Waals surface area contributed by atoms with Crippen LogP contribution in [0.3, 0.4) is 0 Å². The van der Waals surface area contributed by atoms with Crippen LogP contribution >= 0.6 is 0 Å². The number of rotatable bonds is 3. The Kier molecular flexibility index (Phi) is 4.78. The molecule has 1 aromatic heterocycles. The van der Waals surface area contributed by atoms with Crippen molar-refractivity contribution in [2.24, 2.45) is 0 Å². The molecular weight excluding hydrogens is 268 g/mol. The minimum Gasteiger partial charge on any atom is -0.459 e. The van der Waals surface area contributed by atoms with E-state index in [1.807, 2.05) is 0 Å². The maximum absolute atomic E-state index is 11.7. The minimum atomic E-state index is -0.325. The number of carbonyl (C=O) groups is 2. The summed E-state index contributed by atoms with van der Waals surface area (Å²) in [6.45, 7) is 0.168. The van der Waals surface area contributed by atoms with Gasteiger partial charge < -0.3 is 15.1 Å². The van der Waals surface area contributed by atoms with Gasteiger partial charge in [0.15, 0.2) is 5.76 Å². The van der Waals surface area contributed by atoms with Crippen LogP contribution in [0.15, 0.2) is 47.1 Å². The first kappa shape index (κ1) is 14.4. The van der Waals surface area contributed by atoms with Crippen LogP contribution in [0.5, 0.6) is 0 Å². The molecule has 5 heteroatoms. The molecule has 2 N–H and O–H groups in total. The van der Waals surface area contributed by atoms with Crippen LogP contribution in [0.25, 0.3) is 0 Å². The van der Waals surface area contributed by atoms with Crippen molar-refractivity contribution in [1.82, 2.24) is 10.6 Å². The molecule has 0 fully saturated rings. The topological polar surface area (TPSA) is 71.3 Å². The summed E-state index contributed by atoms with van der Waals surface area (Å²) in [6.07, 6.45) is 1.43. The molecule has 5 nitrogen and oxygen atoms in total. The highest BCUT2D eigenvalue weighted by atomic mass is 16.3. The third-order valence-electron chi connectivity index (χ3n) is 2.70. The summed E-state index contributed by atoms with van der Waals surface area (Å²) in [5, 5.41) is 5.17. The van der Waals surface area contributed by atoms with Gasteiger partial charge in [0, 0.05) is 12.6 Å². The maximum atomic E-state index is 11.7. The molecular formula is C16H14N2O3. The monoisotopic (exact) mass is 282 g/mol. The highest BCUT2D eigenvalue weighted by molar-refractivity contribution is 5.96. The van der Waals surface area contributed by atoms with Crippen LogP contribution in [-0.4, -0.2) is 25.4 Å². The summed E-state index contributed by atoms with van der Waals surface area (Å²) in [4.78, 5) is 23.3. The summed E-state index contributed by atoms with van der Waals surface area (Å²) in [6, 6.07) is 10.2. The summed E-state index contributed by atoms with van der Waals surface area (Å²) >= 11 is 0. The average Bonchev–Trinajstić information content (AvgIpc) is 3.05. The fourth-order valence-electron chi connectivity index (χ4n) is 1.68. The van der Waals surface area contributed by atoms with Crippen molar-refractivity contribution < 1.29 is 14.0 Å². The van der Waals surface area contributed by atoms with Crippen molar-refractivity contribution in [1.29, 1.82) is 0 Å². The largest absolute Gasteiger partial charge is 0.459 e. The lowest BCUT2D eigenvalue weighted by Gasteiger charge is -2.02. The molecule has 2 amide bonds. The number of hydrogen-bond acceptors (Lipinski definition) is 3. The Bertz CT molecular complexity index is 694. The highest BCUT2D eigenvalue weighted by Gasteiger charge is 2.07. The third kappa shape index (κ3) is 3.74. The number of amides is 2. The lowest BCUT2D eigenvalue weighted by Crippen LogP contribution is -2.23. The molecule has 2 aromatic rings. The van der Waals surface area contributed by atoms with Crippen LogP contribution in [0, 0.1) is 11.8 Å². The number of benzene rings is 1. The zero-order valence-corrected chi connectivity index (χ0v) is 11.5. The predicted molar refractivity (Wildman–Crippen MR) is 77.8 cm³/mol. The molecule has 0 bridgehead atoms. The van der Waals surface area contributed by atoms with Gasteiger partial charge in [-0.15, -0.1) is 0 Å². The Balaban J connectivity index is 2.00. The molecule has 1 heterocycles. The smallest absolute Gasteiger partial charge is 0.287 e. The summed E-state index contributed by atoms with van der Waals surface area (Å²) < 4.78 is 4.96. The van der Waals surface area contributed by atoms with Crippen molar-refractivity contribution in [3.05, 3.63) is 59.5 Å². The summed E-state index contributed by atoms with van der Waals surface area (Å²) in [5.41, 5.74) is 1.12. The Labute approximate surface area is 122 Å². The first-order chi connectivity index (χ1) is 10.2. The van der Waals surface area contributed by atoms with E-state index >= 15 is 0 Å². The highest BCUT2D eigenvalue weighted by Crippen LogP contribution is 2.06. The van der Waals surface area contributed by atoms with Gasteiger partial charge in [0.25, 0.3) is 11.8 Å². The van der Waals surface area contributed by atoms with E-state index in [1.165, 1.54) is 6.26 Å². The summed E-state index contributed by atoms with van der Waals surface area (Å²) in [7, 11) is 1.57. The standard InChI is InChI=1S/C16H14N2O3/c1-17-15(19)13-8-3-2-6-12(13)7-4-10-18-16(20)14-9-5-11-21-14/h2-3,5-6,8-9,11H,10H2,1H3,(H,17,19)(H,18,20). The average molecular weight is 282 g/mol. The lowest BCUT2D eigenvalue weighted by molar-refractivity contribution is 0.0929. The van der Waals surface area contributed by atoms with Crippen molar-refractivity contribution in [2.45, 2.75) is 0 Å². The van der Waals surface area contributed by atoms with Crippen LogP contribution in [0.1, 0.15) is 26.5 Å². The van der Waals surface area contributed by atoms with E-state index in [0.29, 0.717) is 11.1 Å². The number of carbonyl (C=O) groups excluding carboxylic acids is 2. The fourth-order valence-corrected chi connectivity index (χ4v) is 1.68. The molecule has 0 saturated heterocycles. The zero-order chi connectivity index (χ0) is 15.1. The number of nitrogens with one attached hydrogen (secondary N) is 2. The Morgan fingerprint density at radius 1 is 1.14 bits per heavy atom. The zero-order valence-electron chi connectivity index (χ0n) is 11.5. The van der Waals surface area contributed by atoms with Crippen LogP contribution in [-0.2, 0) is 0 Å². The van der Waals surface area contributed by atoms with Crippen molar-refractivity contribution in [3.8, 4) is 11.8 Å². The van der Waals surface area contributed by atoms with Gasteiger partial charge in [-0.3, -0.25) is 9.59 Å². The fraction of sp³-hybridized carbons (Fsp3) is 0.125. The van der Waals surface area contributed by atoms with Crippen LogP contribution in [0.4, 0.5) is 0 Å². The minimum absolute atomic E-state index is 0.168. The van der Waals surface area contributed by atoms with Crippen molar-refractivity contribution in [2.75, 3.05) is 13.6 Å². The normalized spacial score (nSPS) is 9.38. The molecule has 0 spiro atoms. The van der Waals surface area contributed by atoms with E-state index in [1.54, 1.807) is 43.4 Å². The summed E-state index contributed by atoms with van der Waals surface area (Å²) in [5.74, 6) is 5.40. The molecule has 0 atom stereocenters. The van der Waals surface area contributed by atoms with Gasteiger partial charge >= 0.3 is 0 Å². The van der Waals surface area contributed by atoms with Gasteiger partial charge in [0.05, 0.1) is 18.4 Å². The quantitative estimate of drug-likeness (QED) is 0.836. The third-order valence-corrected chi connectivity index (χ3v) is 2.70. The molecule has 21 heavy (non-hydrogen) atoms. The molecule has 0 aliphatic rings. The molecule has 1 aromatic carbocycles. The van der Waals surface area contributed by atoms with Gasteiger partial charge in [0.2, 0.25) is 0 Å². The Hall–Kier alpha value is -3.00. The Morgan fingerprint density at radius 3 is 2.67 bits per heavy atom. The van der Waals surface area contributed by atoms with E-state index < -0.39 is 0 Å². The van der Waals surface area contributed by atoms with Crippen molar-refractivity contribution >= 4 is 11.8 Å². The van der Waals surface area contributed by atoms with Gasteiger partial charge in [-0.25, -0.2) is 0 Å². The predicted octanol–water partition coefficient (Wildman–Crippen LogP) is 1.42. The van der Waals surface area contributed by atoms with E-state index in [0.717, 1.165) is 0 Å². The Morgan fingerprint density at radius 2 is 1.95 bits per heavy atom. The van der Waals surface area contributed by atoms with Gasteiger partial charge in [-0.2, -0.15) is 0 Å². The van der Waals surface area contributed by atoms with Crippen LogP contribution in [0.2, 0.25) is 0 Å². The van der Waals surface area contributed by atoms with E-state index in [-0.39, 0.29) is 24.1 Å². The lowest BCUT2D eigenvalue weighted by atomic mass is 10.1. The van der Waals surface area contributed by atoms with Gasteiger partial charge in [-0.05, 0) is 24.3 Å². The first-order valence-corrected chi connectivity index (χ1v) is 6.34. The second kappa shape index (κ2) is 6.96. The van der Waals surface area contributed by atoms with E-state index in [2.05, 4.69) is 22.5 Å². The van der Waals surface area contributed by atoms with Gasteiger partial charge in [0.1, 0.15) is 0 Å². The van der Waals surface area contributed by atoms with Gasteiger partial charge in [-0.1, -0.05) is 24.0 Å². The molecule has 2 rings (SSSR count). The molecule has 0 unspecified atom stereocenters. The first-order valence-electron chi connectivity index (χ1n) is 6.34. The number of furan rings is 1. The van der Waals surface area contributed by atoms with E-state index in [9.17, 15) is 9.59 Å². The SMILES string of the molecule is CNC(=O)c1ccccc1C#CCNC(=O)c1ccco1. The number of hydrogen-bond donors (Lipinski definition) is 2.